The zero-order valence-corrected chi connectivity index (χ0v) is 16.3. The minimum Gasteiger partial charge on any atom is -0.491 e. The maximum Gasteiger partial charge on any atom is 0.262 e. The summed E-state index contributed by atoms with van der Waals surface area (Å²) in [6, 6.07) is 13.5. The number of amides is 1. The second-order valence-electron chi connectivity index (χ2n) is 6.83. The number of anilines is 1. The normalized spacial score (nSPS) is 11.9. The molecule has 1 unspecified atom stereocenters. The summed E-state index contributed by atoms with van der Waals surface area (Å²) in [5.74, 6) is 1.79. The first-order valence-corrected chi connectivity index (χ1v) is 9.19. The molecule has 2 aromatic rings. The fourth-order valence-electron chi connectivity index (χ4n) is 2.69. The average Bonchev–Trinajstić information content (AvgIpc) is 2.61. The van der Waals surface area contributed by atoms with E-state index in [0.717, 1.165) is 34.7 Å². The molecule has 0 aliphatic rings. The molecule has 1 amide bonds. The van der Waals surface area contributed by atoms with Crippen LogP contribution in [0.25, 0.3) is 0 Å². The Balaban J connectivity index is 1.98. The number of aryl methyl sites for hydroxylation is 1. The summed E-state index contributed by atoms with van der Waals surface area (Å²) in [5.41, 5.74) is 2.86. The molecule has 0 saturated heterocycles. The number of para-hydroxylation sites is 1. The lowest BCUT2D eigenvalue weighted by molar-refractivity contribution is -0.118. The first-order valence-electron chi connectivity index (χ1n) is 9.19. The summed E-state index contributed by atoms with van der Waals surface area (Å²) in [6.45, 7) is 10.2. The molecule has 0 fully saturated rings. The maximum absolute atomic E-state index is 12.3. The number of hydrogen-bond acceptors (Lipinski definition) is 3. The summed E-state index contributed by atoms with van der Waals surface area (Å²) in [6.07, 6.45) is 1.14. The molecule has 0 heterocycles. The van der Waals surface area contributed by atoms with Gasteiger partial charge in [-0.15, -0.1) is 0 Å². The van der Waals surface area contributed by atoms with Crippen molar-refractivity contribution in [3.63, 3.8) is 0 Å². The summed E-state index contributed by atoms with van der Waals surface area (Å²) in [4.78, 5) is 12.3. The third-order valence-electron chi connectivity index (χ3n) is 4.26. The fourth-order valence-corrected chi connectivity index (χ4v) is 2.69. The molecule has 2 aromatic carbocycles. The van der Waals surface area contributed by atoms with E-state index < -0.39 is 0 Å². The molecule has 0 spiro atoms. The van der Waals surface area contributed by atoms with Crippen LogP contribution in [0.3, 0.4) is 0 Å². The molecule has 2 rings (SSSR count). The Morgan fingerprint density at radius 3 is 2.50 bits per heavy atom. The smallest absolute Gasteiger partial charge is 0.262 e. The van der Waals surface area contributed by atoms with E-state index in [-0.39, 0.29) is 18.6 Å². The highest BCUT2D eigenvalue weighted by Gasteiger charge is 2.12. The van der Waals surface area contributed by atoms with E-state index in [9.17, 15) is 4.79 Å². The molecule has 0 aromatic heterocycles. The molecule has 1 atom stereocenters. The molecule has 0 aliphatic heterocycles. The van der Waals surface area contributed by atoms with Crippen LogP contribution in [-0.2, 0) is 4.79 Å². The SMILES string of the molecule is CCC(C)c1ccccc1OCC(=O)Nc1ccc(OC(C)C)cc1C. The Morgan fingerprint density at radius 1 is 1.12 bits per heavy atom. The van der Waals surface area contributed by atoms with Gasteiger partial charge in [0.1, 0.15) is 11.5 Å². The first-order chi connectivity index (χ1) is 12.4. The Kier molecular flexibility index (Phi) is 7.07. The van der Waals surface area contributed by atoms with E-state index in [1.54, 1.807) is 0 Å². The largest absolute Gasteiger partial charge is 0.491 e. The zero-order chi connectivity index (χ0) is 19.1. The zero-order valence-electron chi connectivity index (χ0n) is 16.3. The fraction of sp³-hybridized carbons (Fsp3) is 0.409. The number of rotatable bonds is 8. The van der Waals surface area contributed by atoms with E-state index in [1.165, 1.54) is 0 Å². The third kappa shape index (κ3) is 5.51. The van der Waals surface area contributed by atoms with Crippen LogP contribution in [0, 0.1) is 6.92 Å². The first kappa shape index (κ1) is 19.8. The molecule has 140 valence electrons. The van der Waals surface area contributed by atoms with Crippen LogP contribution in [0.15, 0.2) is 42.5 Å². The van der Waals surface area contributed by atoms with Crippen molar-refractivity contribution >= 4 is 11.6 Å². The summed E-state index contributed by atoms with van der Waals surface area (Å²) in [5, 5.41) is 2.90. The monoisotopic (exact) mass is 355 g/mol. The molecule has 0 radical (unpaired) electrons. The molecule has 26 heavy (non-hydrogen) atoms. The Labute approximate surface area is 156 Å². The average molecular weight is 355 g/mol. The van der Waals surface area contributed by atoms with Crippen molar-refractivity contribution in [1.29, 1.82) is 0 Å². The molecule has 0 aliphatic carbocycles. The van der Waals surface area contributed by atoms with Gasteiger partial charge in [0.15, 0.2) is 6.61 Å². The predicted molar refractivity (Wildman–Crippen MR) is 106 cm³/mol. The number of benzene rings is 2. The van der Waals surface area contributed by atoms with E-state index in [4.69, 9.17) is 9.47 Å². The lowest BCUT2D eigenvalue weighted by atomic mass is 9.98. The van der Waals surface area contributed by atoms with Gasteiger partial charge < -0.3 is 14.8 Å². The second kappa shape index (κ2) is 9.27. The van der Waals surface area contributed by atoms with Crippen molar-refractivity contribution in [2.24, 2.45) is 0 Å². The van der Waals surface area contributed by atoms with Gasteiger partial charge in [0.05, 0.1) is 6.10 Å². The minimum atomic E-state index is -0.176. The lowest BCUT2D eigenvalue weighted by Gasteiger charge is -2.16. The van der Waals surface area contributed by atoms with Crippen molar-refractivity contribution in [2.45, 2.75) is 53.1 Å². The highest BCUT2D eigenvalue weighted by Crippen LogP contribution is 2.28. The number of ether oxygens (including phenoxy) is 2. The maximum atomic E-state index is 12.3. The van der Waals surface area contributed by atoms with Gasteiger partial charge >= 0.3 is 0 Å². The number of nitrogens with one attached hydrogen (secondary N) is 1. The van der Waals surface area contributed by atoms with Crippen LogP contribution < -0.4 is 14.8 Å². The summed E-state index contributed by atoms with van der Waals surface area (Å²) < 4.78 is 11.4. The molecule has 1 N–H and O–H groups in total. The van der Waals surface area contributed by atoms with Crippen LogP contribution in [-0.4, -0.2) is 18.6 Å². The van der Waals surface area contributed by atoms with Gasteiger partial charge in [-0.1, -0.05) is 32.0 Å². The highest BCUT2D eigenvalue weighted by molar-refractivity contribution is 5.92. The van der Waals surface area contributed by atoms with Gasteiger partial charge in [0.2, 0.25) is 0 Å². The molecule has 0 saturated carbocycles. The topological polar surface area (TPSA) is 47.6 Å². The quantitative estimate of drug-likeness (QED) is 0.698. The Morgan fingerprint density at radius 2 is 1.85 bits per heavy atom. The summed E-state index contributed by atoms with van der Waals surface area (Å²) >= 11 is 0. The van der Waals surface area contributed by atoms with E-state index in [1.807, 2.05) is 57.2 Å². The van der Waals surface area contributed by atoms with Crippen molar-refractivity contribution in [1.82, 2.24) is 0 Å². The van der Waals surface area contributed by atoms with Crippen LogP contribution in [0.5, 0.6) is 11.5 Å². The van der Waals surface area contributed by atoms with Crippen molar-refractivity contribution < 1.29 is 14.3 Å². The van der Waals surface area contributed by atoms with Gasteiger partial charge in [0.25, 0.3) is 5.91 Å². The predicted octanol–water partition coefficient (Wildman–Crippen LogP) is 5.31. The van der Waals surface area contributed by atoms with Gasteiger partial charge in [-0.2, -0.15) is 0 Å². The number of carbonyl (C=O) groups is 1. The van der Waals surface area contributed by atoms with Crippen molar-refractivity contribution in [2.75, 3.05) is 11.9 Å². The van der Waals surface area contributed by atoms with E-state index in [0.29, 0.717) is 5.92 Å². The number of carbonyl (C=O) groups excluding carboxylic acids is 1. The van der Waals surface area contributed by atoms with Gasteiger partial charge in [-0.25, -0.2) is 0 Å². The molecule has 4 nitrogen and oxygen atoms in total. The van der Waals surface area contributed by atoms with Gasteiger partial charge in [0, 0.05) is 5.69 Å². The molecule has 0 bridgehead atoms. The summed E-state index contributed by atoms with van der Waals surface area (Å²) in [7, 11) is 0. The third-order valence-corrected chi connectivity index (χ3v) is 4.26. The van der Waals surface area contributed by atoms with Gasteiger partial charge in [-0.3, -0.25) is 4.79 Å². The van der Waals surface area contributed by atoms with Crippen LogP contribution in [0.1, 0.15) is 51.2 Å². The van der Waals surface area contributed by atoms with Crippen LogP contribution in [0.2, 0.25) is 0 Å². The molecular weight excluding hydrogens is 326 g/mol. The number of hydrogen-bond donors (Lipinski definition) is 1. The minimum absolute atomic E-state index is 0.0167. The Hall–Kier alpha value is -2.49. The standard InChI is InChI=1S/C22H29NO3/c1-6-16(4)19-9-7-8-10-21(19)25-14-22(24)23-20-12-11-18(13-17(20)5)26-15(2)3/h7-13,15-16H,6,14H2,1-5H3,(H,23,24). The second-order valence-corrected chi connectivity index (χ2v) is 6.83. The molecule has 4 heteroatoms. The van der Waals surface area contributed by atoms with Crippen LogP contribution in [0.4, 0.5) is 5.69 Å². The van der Waals surface area contributed by atoms with Crippen molar-refractivity contribution in [3.8, 4) is 11.5 Å². The molecular formula is C22H29NO3. The van der Waals surface area contributed by atoms with Gasteiger partial charge in [-0.05, 0) is 68.5 Å². The van der Waals surface area contributed by atoms with Crippen molar-refractivity contribution in [3.05, 3.63) is 53.6 Å². The van der Waals surface area contributed by atoms with Crippen LogP contribution >= 0.6 is 0 Å². The van der Waals surface area contributed by atoms with E-state index >= 15 is 0 Å². The lowest BCUT2D eigenvalue weighted by Crippen LogP contribution is -2.21. The highest BCUT2D eigenvalue weighted by atomic mass is 16.5. The van der Waals surface area contributed by atoms with E-state index in [2.05, 4.69) is 25.2 Å². The Bertz CT molecular complexity index is 740.